The summed E-state index contributed by atoms with van der Waals surface area (Å²) in [6, 6.07) is 5.07. The van der Waals surface area contributed by atoms with Crippen molar-refractivity contribution in [2.75, 3.05) is 20.2 Å². The molecule has 1 heterocycles. The second-order valence-corrected chi connectivity index (χ2v) is 4.59. The van der Waals surface area contributed by atoms with Crippen molar-refractivity contribution in [1.82, 2.24) is 4.90 Å². The van der Waals surface area contributed by atoms with E-state index in [0.29, 0.717) is 25.2 Å². The van der Waals surface area contributed by atoms with Gasteiger partial charge in [0.25, 0.3) is 0 Å². The number of halogens is 1. The van der Waals surface area contributed by atoms with Crippen molar-refractivity contribution in [3.05, 3.63) is 29.6 Å². The van der Waals surface area contributed by atoms with Gasteiger partial charge < -0.3 is 9.84 Å². The summed E-state index contributed by atoms with van der Waals surface area (Å²) in [6.07, 6.45) is 0.192. The highest BCUT2D eigenvalue weighted by Crippen LogP contribution is 2.25. The van der Waals surface area contributed by atoms with Crippen molar-refractivity contribution in [2.24, 2.45) is 5.92 Å². The Morgan fingerprint density at radius 3 is 2.89 bits per heavy atom. The fourth-order valence-corrected chi connectivity index (χ4v) is 2.26. The first-order valence-corrected chi connectivity index (χ1v) is 5.85. The molecule has 0 atom stereocenters. The molecule has 0 unspecified atom stereocenters. The summed E-state index contributed by atoms with van der Waals surface area (Å²) in [4.78, 5) is 12.5. The van der Waals surface area contributed by atoms with E-state index in [0.717, 1.165) is 0 Å². The first-order valence-electron chi connectivity index (χ1n) is 5.85. The minimum Gasteiger partial charge on any atom is -0.494 e. The zero-order chi connectivity index (χ0) is 13.1. The highest BCUT2D eigenvalue weighted by atomic mass is 19.1. The number of hydrogen-bond acceptors (Lipinski definition) is 3. The van der Waals surface area contributed by atoms with E-state index in [1.54, 1.807) is 18.2 Å². The van der Waals surface area contributed by atoms with Crippen LogP contribution >= 0.6 is 0 Å². The summed E-state index contributed by atoms with van der Waals surface area (Å²) >= 11 is 0. The lowest BCUT2D eigenvalue weighted by Gasteiger charge is -2.38. The Bertz CT molecular complexity index is 444. The monoisotopic (exact) mass is 253 g/mol. The molecular formula is C13H16FNO3. The number of hydrogen-bond donors (Lipinski definition) is 1. The first-order chi connectivity index (χ1) is 8.60. The molecule has 0 aromatic heterocycles. The maximum Gasteiger partial charge on any atom is 0.303 e. The van der Waals surface area contributed by atoms with Gasteiger partial charge in [-0.15, -0.1) is 0 Å². The third-order valence-electron chi connectivity index (χ3n) is 3.15. The van der Waals surface area contributed by atoms with E-state index in [9.17, 15) is 9.18 Å². The van der Waals surface area contributed by atoms with Crippen LogP contribution in [0.2, 0.25) is 0 Å². The first kappa shape index (κ1) is 12.8. The summed E-state index contributed by atoms with van der Waals surface area (Å²) in [7, 11) is 1.44. The Morgan fingerprint density at radius 2 is 2.28 bits per heavy atom. The lowest BCUT2D eigenvalue weighted by atomic mass is 9.95. The smallest absolute Gasteiger partial charge is 0.303 e. The van der Waals surface area contributed by atoms with Gasteiger partial charge in [0.1, 0.15) is 0 Å². The van der Waals surface area contributed by atoms with E-state index in [-0.39, 0.29) is 23.9 Å². The van der Waals surface area contributed by atoms with Crippen molar-refractivity contribution in [3.8, 4) is 5.75 Å². The number of carboxylic acid groups (broad SMARTS) is 1. The van der Waals surface area contributed by atoms with Crippen molar-refractivity contribution < 1.29 is 19.0 Å². The summed E-state index contributed by atoms with van der Waals surface area (Å²) < 4.78 is 18.8. The van der Waals surface area contributed by atoms with Gasteiger partial charge in [0.2, 0.25) is 0 Å². The van der Waals surface area contributed by atoms with Crippen LogP contribution in [0.5, 0.6) is 5.75 Å². The standard InChI is InChI=1S/C13H16FNO3/c1-18-11-4-2-3-10(13(11)14)8-15-6-9(7-15)5-12(16)17/h2-4,9H,5-8H2,1H3,(H,16,17). The Hall–Kier alpha value is -1.62. The average Bonchev–Trinajstić information content (AvgIpc) is 2.28. The van der Waals surface area contributed by atoms with Crippen molar-refractivity contribution >= 4 is 5.97 Å². The van der Waals surface area contributed by atoms with Gasteiger partial charge in [-0.1, -0.05) is 12.1 Å². The second-order valence-electron chi connectivity index (χ2n) is 4.59. The van der Waals surface area contributed by atoms with Gasteiger partial charge >= 0.3 is 5.97 Å². The molecule has 0 saturated carbocycles. The number of aliphatic carboxylic acids is 1. The molecule has 1 saturated heterocycles. The summed E-state index contributed by atoms with van der Waals surface area (Å²) in [5.41, 5.74) is 0.586. The number of nitrogens with zero attached hydrogens (tertiary/aromatic N) is 1. The molecule has 0 aliphatic carbocycles. The molecule has 0 radical (unpaired) electrons. The van der Waals surface area contributed by atoms with E-state index in [1.165, 1.54) is 7.11 Å². The zero-order valence-electron chi connectivity index (χ0n) is 10.2. The summed E-state index contributed by atoms with van der Waals surface area (Å²) in [6.45, 7) is 1.92. The van der Waals surface area contributed by atoms with E-state index in [1.807, 2.05) is 4.90 Å². The Morgan fingerprint density at radius 1 is 1.56 bits per heavy atom. The maximum atomic E-state index is 13.9. The highest BCUT2D eigenvalue weighted by Gasteiger charge is 2.29. The number of benzene rings is 1. The Labute approximate surface area is 105 Å². The fraction of sp³-hybridized carbons (Fsp3) is 0.462. The molecule has 0 bridgehead atoms. The van der Waals surface area contributed by atoms with E-state index in [2.05, 4.69) is 0 Å². The molecule has 18 heavy (non-hydrogen) atoms. The Kier molecular flexibility index (Phi) is 3.81. The van der Waals surface area contributed by atoms with Gasteiger partial charge in [0, 0.05) is 25.2 Å². The van der Waals surface area contributed by atoms with Crippen molar-refractivity contribution in [1.29, 1.82) is 0 Å². The van der Waals surface area contributed by atoms with E-state index >= 15 is 0 Å². The van der Waals surface area contributed by atoms with Crippen LogP contribution in [0.1, 0.15) is 12.0 Å². The van der Waals surface area contributed by atoms with Crippen LogP contribution in [-0.2, 0) is 11.3 Å². The third kappa shape index (κ3) is 2.79. The number of carbonyl (C=O) groups is 1. The zero-order valence-corrected chi connectivity index (χ0v) is 10.2. The lowest BCUT2D eigenvalue weighted by Crippen LogP contribution is -2.46. The van der Waals surface area contributed by atoms with Gasteiger partial charge in [0.05, 0.1) is 13.5 Å². The lowest BCUT2D eigenvalue weighted by molar-refractivity contribution is -0.139. The fourth-order valence-electron chi connectivity index (χ4n) is 2.26. The number of carboxylic acids is 1. The van der Waals surface area contributed by atoms with Crippen molar-refractivity contribution in [3.63, 3.8) is 0 Å². The number of rotatable bonds is 5. The molecule has 0 spiro atoms. The minimum absolute atomic E-state index is 0.191. The van der Waals surface area contributed by atoms with E-state index < -0.39 is 5.97 Å². The van der Waals surface area contributed by atoms with Crippen LogP contribution in [-0.4, -0.2) is 36.2 Å². The minimum atomic E-state index is -0.771. The van der Waals surface area contributed by atoms with Gasteiger partial charge in [-0.05, 0) is 12.0 Å². The molecular weight excluding hydrogens is 237 g/mol. The predicted octanol–water partition coefficient (Wildman–Crippen LogP) is 1.74. The molecule has 0 amide bonds. The normalized spacial score (nSPS) is 16.3. The van der Waals surface area contributed by atoms with Gasteiger partial charge in [-0.3, -0.25) is 9.69 Å². The molecule has 2 rings (SSSR count). The average molecular weight is 253 g/mol. The molecule has 4 nitrogen and oxygen atoms in total. The van der Waals surface area contributed by atoms with Crippen LogP contribution in [0.4, 0.5) is 4.39 Å². The quantitative estimate of drug-likeness (QED) is 0.868. The van der Waals surface area contributed by atoms with Crippen LogP contribution < -0.4 is 4.74 Å². The molecule has 5 heteroatoms. The maximum absolute atomic E-state index is 13.9. The molecule has 1 aliphatic rings. The molecule has 1 aromatic carbocycles. The largest absolute Gasteiger partial charge is 0.494 e. The third-order valence-corrected chi connectivity index (χ3v) is 3.15. The second kappa shape index (κ2) is 5.35. The van der Waals surface area contributed by atoms with Gasteiger partial charge in [0.15, 0.2) is 11.6 Å². The highest BCUT2D eigenvalue weighted by molar-refractivity contribution is 5.67. The molecule has 98 valence electrons. The molecule has 1 aromatic rings. The molecule has 1 N–H and O–H groups in total. The van der Waals surface area contributed by atoms with Gasteiger partial charge in [-0.2, -0.15) is 0 Å². The molecule has 1 fully saturated rings. The van der Waals surface area contributed by atoms with Crippen LogP contribution in [0.25, 0.3) is 0 Å². The van der Waals surface area contributed by atoms with Gasteiger partial charge in [-0.25, -0.2) is 4.39 Å². The number of likely N-dealkylation sites (tertiary alicyclic amines) is 1. The Balaban J connectivity index is 1.90. The van der Waals surface area contributed by atoms with Crippen LogP contribution in [0.3, 0.4) is 0 Å². The van der Waals surface area contributed by atoms with Crippen LogP contribution in [0.15, 0.2) is 18.2 Å². The number of ether oxygens (including phenoxy) is 1. The summed E-state index contributed by atoms with van der Waals surface area (Å²) in [5, 5.41) is 8.64. The number of methoxy groups -OCH3 is 1. The topological polar surface area (TPSA) is 49.8 Å². The SMILES string of the molecule is COc1cccc(CN2CC(CC(=O)O)C2)c1F. The predicted molar refractivity (Wildman–Crippen MR) is 64.0 cm³/mol. The van der Waals surface area contributed by atoms with Crippen molar-refractivity contribution in [2.45, 2.75) is 13.0 Å². The summed E-state index contributed by atoms with van der Waals surface area (Å²) in [5.74, 6) is -0.667. The van der Waals surface area contributed by atoms with Crippen LogP contribution in [0, 0.1) is 11.7 Å². The van der Waals surface area contributed by atoms with E-state index in [4.69, 9.17) is 9.84 Å². The molecule has 1 aliphatic heterocycles.